The van der Waals surface area contributed by atoms with Gasteiger partial charge in [-0.3, -0.25) is 4.79 Å². The number of thioether (sulfide) groups is 1. The van der Waals surface area contributed by atoms with Crippen LogP contribution in [0.15, 0.2) is 51.8 Å². The summed E-state index contributed by atoms with van der Waals surface area (Å²) in [6, 6.07) is 12.4. The summed E-state index contributed by atoms with van der Waals surface area (Å²) in [5.74, 6) is -0.837. The van der Waals surface area contributed by atoms with Crippen molar-refractivity contribution in [2.75, 3.05) is 13.3 Å². The fourth-order valence-electron chi connectivity index (χ4n) is 1.94. The maximum absolute atomic E-state index is 13.7. The van der Waals surface area contributed by atoms with Crippen molar-refractivity contribution in [1.82, 2.24) is 4.90 Å². The van der Waals surface area contributed by atoms with Gasteiger partial charge < -0.3 is 4.90 Å². The molecule has 0 aliphatic rings. The zero-order chi connectivity index (χ0) is 15.4. The predicted molar refractivity (Wildman–Crippen MR) is 88.1 cm³/mol. The summed E-state index contributed by atoms with van der Waals surface area (Å²) in [6.07, 6.45) is 2.01. The summed E-state index contributed by atoms with van der Waals surface area (Å²) in [4.78, 5) is 15.0. The largest absolute Gasteiger partial charge is 0.337 e. The molecule has 0 fully saturated rings. The van der Waals surface area contributed by atoms with E-state index in [0.717, 1.165) is 5.56 Å². The highest BCUT2D eigenvalue weighted by molar-refractivity contribution is 9.10. The molecule has 0 aliphatic heterocycles. The van der Waals surface area contributed by atoms with Crippen LogP contribution >= 0.6 is 27.7 Å². The number of halogens is 2. The molecule has 0 atom stereocenters. The van der Waals surface area contributed by atoms with E-state index in [2.05, 4.69) is 15.9 Å². The summed E-state index contributed by atoms with van der Waals surface area (Å²) in [5.41, 5.74) is 1.09. The van der Waals surface area contributed by atoms with Gasteiger partial charge in [0, 0.05) is 23.0 Å². The van der Waals surface area contributed by atoms with Gasteiger partial charge in [-0.2, -0.15) is 0 Å². The van der Waals surface area contributed by atoms with Crippen molar-refractivity contribution >= 4 is 33.6 Å². The lowest BCUT2D eigenvalue weighted by molar-refractivity contribution is 0.0780. The molecule has 5 heteroatoms. The van der Waals surface area contributed by atoms with Gasteiger partial charge in [-0.25, -0.2) is 4.39 Å². The quantitative estimate of drug-likeness (QED) is 0.737. The maximum Gasteiger partial charge on any atom is 0.256 e. The molecule has 0 heterocycles. The number of rotatable bonds is 4. The average molecular weight is 368 g/mol. The number of carbonyl (C=O) groups excluding carboxylic acids is 1. The Bertz CT molecular complexity index is 645. The third-order valence-corrected chi connectivity index (χ3v) is 4.32. The van der Waals surface area contributed by atoms with Gasteiger partial charge in [-0.05, 0) is 42.2 Å². The van der Waals surface area contributed by atoms with Crippen LogP contribution in [0.2, 0.25) is 0 Å². The van der Waals surface area contributed by atoms with E-state index >= 15 is 0 Å². The van der Waals surface area contributed by atoms with E-state index in [9.17, 15) is 9.18 Å². The minimum Gasteiger partial charge on any atom is -0.337 e. The molecule has 2 nitrogen and oxygen atoms in total. The second-order valence-electron chi connectivity index (χ2n) is 4.63. The van der Waals surface area contributed by atoms with Crippen LogP contribution in [0.5, 0.6) is 0 Å². The van der Waals surface area contributed by atoms with Gasteiger partial charge in [-0.15, -0.1) is 11.8 Å². The van der Waals surface area contributed by atoms with Crippen molar-refractivity contribution in [3.8, 4) is 0 Å². The van der Waals surface area contributed by atoms with E-state index in [1.165, 1.54) is 21.9 Å². The minimum absolute atomic E-state index is 0.0765. The van der Waals surface area contributed by atoms with Gasteiger partial charge in [0.25, 0.3) is 5.91 Å². The molecule has 21 heavy (non-hydrogen) atoms. The van der Waals surface area contributed by atoms with Crippen molar-refractivity contribution in [3.63, 3.8) is 0 Å². The average Bonchev–Trinajstić information content (AvgIpc) is 2.49. The third kappa shape index (κ3) is 4.08. The smallest absolute Gasteiger partial charge is 0.256 e. The van der Waals surface area contributed by atoms with Crippen LogP contribution in [0, 0.1) is 5.82 Å². The van der Waals surface area contributed by atoms with Gasteiger partial charge in [0.05, 0.1) is 5.56 Å². The summed E-state index contributed by atoms with van der Waals surface area (Å²) in [6.45, 7) is 0.444. The number of amides is 1. The number of hydrogen-bond acceptors (Lipinski definition) is 2. The normalized spacial score (nSPS) is 10.5. The van der Waals surface area contributed by atoms with Gasteiger partial charge in [-0.1, -0.05) is 28.1 Å². The Morgan fingerprint density at radius 2 is 1.90 bits per heavy atom. The Balaban J connectivity index is 2.13. The Morgan fingerprint density at radius 3 is 2.52 bits per heavy atom. The van der Waals surface area contributed by atoms with E-state index < -0.39 is 5.82 Å². The van der Waals surface area contributed by atoms with Crippen molar-refractivity contribution in [2.45, 2.75) is 11.4 Å². The summed E-state index contributed by atoms with van der Waals surface area (Å²) in [5, 5.41) is 0. The number of hydrogen-bond donors (Lipinski definition) is 0. The molecule has 2 rings (SSSR count). The lowest BCUT2D eigenvalue weighted by Gasteiger charge is -2.18. The third-order valence-electron chi connectivity index (χ3n) is 3.08. The van der Waals surface area contributed by atoms with Crippen LogP contribution in [0.4, 0.5) is 4.39 Å². The van der Waals surface area contributed by atoms with Crippen LogP contribution in [-0.4, -0.2) is 24.1 Å². The first-order chi connectivity index (χ1) is 10.0. The Hall–Kier alpha value is -1.33. The van der Waals surface area contributed by atoms with Crippen LogP contribution in [0.1, 0.15) is 15.9 Å². The highest BCUT2D eigenvalue weighted by Gasteiger charge is 2.16. The van der Waals surface area contributed by atoms with Gasteiger partial charge in [0.1, 0.15) is 5.82 Å². The number of nitrogens with zero attached hydrogens (tertiary/aromatic N) is 1. The minimum atomic E-state index is -0.507. The maximum atomic E-state index is 13.7. The van der Waals surface area contributed by atoms with Gasteiger partial charge >= 0.3 is 0 Å². The fraction of sp³-hybridized carbons (Fsp3) is 0.188. The second-order valence-corrected chi connectivity index (χ2v) is 6.43. The molecule has 110 valence electrons. The first-order valence-corrected chi connectivity index (χ1v) is 8.36. The molecule has 0 radical (unpaired) electrons. The number of carbonyl (C=O) groups is 1. The van der Waals surface area contributed by atoms with Crippen LogP contribution in [-0.2, 0) is 6.54 Å². The Labute approximate surface area is 136 Å². The van der Waals surface area contributed by atoms with Crippen molar-refractivity contribution in [2.24, 2.45) is 0 Å². The number of benzene rings is 2. The van der Waals surface area contributed by atoms with Gasteiger partial charge in [0.2, 0.25) is 0 Å². The molecule has 2 aromatic carbocycles. The van der Waals surface area contributed by atoms with E-state index in [1.54, 1.807) is 24.9 Å². The molecule has 0 N–H and O–H groups in total. The molecule has 0 unspecified atom stereocenters. The molecule has 2 aromatic rings. The van der Waals surface area contributed by atoms with E-state index in [0.29, 0.717) is 11.0 Å². The summed E-state index contributed by atoms with van der Waals surface area (Å²) < 4.78 is 14.4. The first-order valence-electron chi connectivity index (χ1n) is 6.34. The second kappa shape index (κ2) is 7.09. The van der Waals surface area contributed by atoms with Gasteiger partial charge in [0.15, 0.2) is 0 Å². The van der Waals surface area contributed by atoms with E-state index in [4.69, 9.17) is 0 Å². The van der Waals surface area contributed by atoms with Crippen molar-refractivity contribution < 1.29 is 9.18 Å². The zero-order valence-electron chi connectivity index (χ0n) is 11.8. The highest BCUT2D eigenvalue weighted by atomic mass is 79.9. The fourth-order valence-corrected chi connectivity index (χ4v) is 2.71. The molecule has 0 bridgehead atoms. The molecule has 0 saturated heterocycles. The molecule has 1 amide bonds. The Morgan fingerprint density at radius 1 is 1.24 bits per heavy atom. The topological polar surface area (TPSA) is 20.3 Å². The molecule has 0 saturated carbocycles. The van der Waals surface area contributed by atoms with Crippen LogP contribution in [0.25, 0.3) is 0 Å². The first kappa shape index (κ1) is 16.0. The highest BCUT2D eigenvalue weighted by Crippen LogP contribution is 2.19. The van der Waals surface area contributed by atoms with Crippen molar-refractivity contribution in [3.05, 3.63) is 63.9 Å². The monoisotopic (exact) mass is 367 g/mol. The van der Waals surface area contributed by atoms with E-state index in [-0.39, 0.29) is 11.5 Å². The molecule has 0 aromatic heterocycles. The SMILES string of the molecule is CSc1ccc(CN(C)C(=O)c2cc(Br)ccc2F)cc1. The summed E-state index contributed by atoms with van der Waals surface area (Å²) >= 11 is 4.92. The Kier molecular flexibility index (Phi) is 5.42. The summed E-state index contributed by atoms with van der Waals surface area (Å²) in [7, 11) is 1.67. The van der Waals surface area contributed by atoms with Crippen LogP contribution in [0.3, 0.4) is 0 Å². The molecule has 0 aliphatic carbocycles. The standard InChI is InChI=1S/C16H15BrFNOS/c1-19(10-11-3-6-13(21-2)7-4-11)16(20)14-9-12(17)5-8-15(14)18/h3-9H,10H2,1-2H3. The zero-order valence-corrected chi connectivity index (χ0v) is 14.2. The lowest BCUT2D eigenvalue weighted by atomic mass is 10.1. The molecule has 0 spiro atoms. The lowest BCUT2D eigenvalue weighted by Crippen LogP contribution is -2.27. The predicted octanol–water partition coefficient (Wildman–Crippen LogP) is 4.58. The van der Waals surface area contributed by atoms with Crippen LogP contribution < -0.4 is 0 Å². The molecular formula is C16H15BrFNOS. The van der Waals surface area contributed by atoms with E-state index in [1.807, 2.05) is 30.5 Å². The molecular weight excluding hydrogens is 353 g/mol. The van der Waals surface area contributed by atoms with Crippen molar-refractivity contribution in [1.29, 1.82) is 0 Å².